The van der Waals surface area contributed by atoms with Crippen molar-refractivity contribution in [2.75, 3.05) is 0 Å². The molecule has 1 heterocycles. The molecule has 1 aliphatic heterocycles. The molecule has 1 saturated carbocycles. The topological polar surface area (TPSA) is 58.7 Å². The van der Waals surface area contributed by atoms with Crippen LogP contribution in [-0.4, -0.2) is 22.3 Å². The fourth-order valence-electron chi connectivity index (χ4n) is 5.38. The highest BCUT2D eigenvalue weighted by atomic mass is 79.9. The van der Waals surface area contributed by atoms with E-state index in [1.54, 1.807) is 4.90 Å². The van der Waals surface area contributed by atoms with Gasteiger partial charge < -0.3 is 5.73 Å². The van der Waals surface area contributed by atoms with Crippen molar-refractivity contribution in [3.05, 3.63) is 33.8 Å². The molecule has 0 radical (unpaired) electrons. The maximum atomic E-state index is 13.9. The molecule has 140 valence electrons. The minimum absolute atomic E-state index is 0.0638. The van der Waals surface area contributed by atoms with E-state index in [1.165, 1.54) is 5.56 Å². The Hall–Kier alpha value is -1.36. The molecule has 1 aromatic rings. The second-order valence-corrected chi connectivity index (χ2v) is 10.3. The van der Waals surface area contributed by atoms with Gasteiger partial charge >= 0.3 is 0 Å². The number of halogens is 1. The van der Waals surface area contributed by atoms with Crippen molar-refractivity contribution >= 4 is 27.8 Å². The van der Waals surface area contributed by atoms with Gasteiger partial charge in [-0.15, -0.1) is 0 Å². The first-order chi connectivity index (χ1) is 12.1. The van der Waals surface area contributed by atoms with Gasteiger partial charge in [0.05, 0.1) is 0 Å². The first kappa shape index (κ1) is 18.0. The van der Waals surface area contributed by atoms with Crippen molar-refractivity contribution in [1.82, 2.24) is 4.90 Å². The second-order valence-electron chi connectivity index (χ2n) is 9.43. The van der Waals surface area contributed by atoms with Crippen LogP contribution >= 0.6 is 15.9 Å². The maximum Gasteiger partial charge on any atom is 0.263 e. The van der Waals surface area contributed by atoms with Gasteiger partial charge in [-0.1, -0.05) is 41.8 Å². The lowest BCUT2D eigenvalue weighted by molar-refractivity contribution is -0.140. The van der Waals surface area contributed by atoms with E-state index in [-0.39, 0.29) is 16.9 Å². The summed E-state index contributed by atoms with van der Waals surface area (Å²) in [5.41, 5.74) is 7.29. The van der Waals surface area contributed by atoms with Gasteiger partial charge in [-0.05, 0) is 69.2 Å². The number of nitrogens with zero attached hydrogens (tertiary/aromatic N) is 2. The Balaban J connectivity index is 1.94. The van der Waals surface area contributed by atoms with Crippen LogP contribution in [0.3, 0.4) is 0 Å². The molecule has 1 unspecified atom stereocenters. The molecule has 1 aromatic carbocycles. The summed E-state index contributed by atoms with van der Waals surface area (Å²) in [5.74, 6) is 1.15. The van der Waals surface area contributed by atoms with Crippen LogP contribution in [0.4, 0.5) is 0 Å². The third kappa shape index (κ3) is 2.25. The lowest BCUT2D eigenvalue weighted by Crippen LogP contribution is -2.56. The van der Waals surface area contributed by atoms with E-state index < -0.39 is 5.54 Å². The van der Waals surface area contributed by atoms with E-state index in [9.17, 15) is 4.79 Å². The standard InChI is InChI=1S/C21H28BrN3O/c1-13-7-9-20(10-8-13)12-14-5-6-15(22)11-16(14)21(20)17(26)25(18(23)24-21)19(2,3)4/h5-6,11,13H,7-10,12H2,1-4H3,(H2,23,24). The van der Waals surface area contributed by atoms with Gasteiger partial charge in [-0.25, -0.2) is 4.99 Å². The smallest absolute Gasteiger partial charge is 0.263 e. The largest absolute Gasteiger partial charge is 0.369 e. The van der Waals surface area contributed by atoms with E-state index in [2.05, 4.69) is 41.1 Å². The predicted molar refractivity (Wildman–Crippen MR) is 108 cm³/mol. The molecule has 2 spiro atoms. The van der Waals surface area contributed by atoms with Crippen LogP contribution in [0.1, 0.15) is 64.5 Å². The summed E-state index contributed by atoms with van der Waals surface area (Å²) in [7, 11) is 0. The quantitative estimate of drug-likeness (QED) is 0.681. The molecule has 4 rings (SSSR count). The zero-order valence-electron chi connectivity index (χ0n) is 16.1. The zero-order valence-corrected chi connectivity index (χ0v) is 17.7. The highest BCUT2D eigenvalue weighted by Gasteiger charge is 2.67. The molecule has 0 saturated heterocycles. The number of fused-ring (bicyclic) bond motifs is 3. The molecule has 0 aromatic heterocycles. The monoisotopic (exact) mass is 417 g/mol. The number of carbonyl (C=O) groups is 1. The van der Waals surface area contributed by atoms with Gasteiger partial charge in [-0.3, -0.25) is 9.69 Å². The highest BCUT2D eigenvalue weighted by molar-refractivity contribution is 9.10. The van der Waals surface area contributed by atoms with E-state index in [1.807, 2.05) is 20.8 Å². The van der Waals surface area contributed by atoms with Crippen molar-refractivity contribution in [1.29, 1.82) is 0 Å². The highest BCUT2D eigenvalue weighted by Crippen LogP contribution is 2.62. The SMILES string of the molecule is CC1CCC2(CC1)Cc1ccc(Br)cc1C21N=C(N)N(C(C)(C)C)C1=O. The third-order valence-corrected chi connectivity index (χ3v) is 7.18. The number of nitrogens with two attached hydrogens (primary N) is 1. The normalized spacial score (nSPS) is 33.9. The molecule has 2 aliphatic carbocycles. The molecular weight excluding hydrogens is 390 g/mol. The summed E-state index contributed by atoms with van der Waals surface area (Å²) < 4.78 is 0.993. The Morgan fingerprint density at radius 3 is 2.50 bits per heavy atom. The fraction of sp³-hybridized carbons (Fsp3) is 0.619. The lowest BCUT2D eigenvalue weighted by atomic mass is 9.60. The van der Waals surface area contributed by atoms with E-state index in [0.29, 0.717) is 11.9 Å². The van der Waals surface area contributed by atoms with Crippen molar-refractivity contribution < 1.29 is 4.79 Å². The van der Waals surface area contributed by atoms with Gasteiger partial charge in [0.25, 0.3) is 5.91 Å². The average molecular weight is 418 g/mol. The summed E-state index contributed by atoms with van der Waals surface area (Å²) in [5, 5.41) is 0. The maximum absolute atomic E-state index is 13.9. The predicted octanol–water partition coefficient (Wildman–Crippen LogP) is 4.35. The van der Waals surface area contributed by atoms with E-state index in [0.717, 1.165) is 42.1 Å². The van der Waals surface area contributed by atoms with Crippen LogP contribution in [0.2, 0.25) is 0 Å². The number of rotatable bonds is 0. The number of carbonyl (C=O) groups excluding carboxylic acids is 1. The van der Waals surface area contributed by atoms with Crippen molar-refractivity contribution in [2.24, 2.45) is 22.1 Å². The summed E-state index contributed by atoms with van der Waals surface area (Å²) in [6, 6.07) is 6.33. The number of hydrogen-bond donors (Lipinski definition) is 1. The summed E-state index contributed by atoms with van der Waals surface area (Å²) in [6.45, 7) is 8.39. The Morgan fingerprint density at radius 1 is 1.27 bits per heavy atom. The number of hydrogen-bond acceptors (Lipinski definition) is 3. The first-order valence-corrected chi connectivity index (χ1v) is 10.4. The molecule has 3 aliphatic rings. The Labute approximate surface area is 164 Å². The molecule has 1 fully saturated rings. The van der Waals surface area contributed by atoms with Crippen LogP contribution in [0.5, 0.6) is 0 Å². The fourth-order valence-corrected chi connectivity index (χ4v) is 5.74. The number of guanidine groups is 1. The minimum Gasteiger partial charge on any atom is -0.369 e. The van der Waals surface area contributed by atoms with Crippen LogP contribution in [0.15, 0.2) is 27.7 Å². The molecule has 1 amide bonds. The number of aliphatic imine (C=N–C) groups is 1. The van der Waals surface area contributed by atoms with Crippen LogP contribution in [-0.2, 0) is 16.8 Å². The Morgan fingerprint density at radius 2 is 1.92 bits per heavy atom. The van der Waals surface area contributed by atoms with Gasteiger partial charge in [0.15, 0.2) is 11.5 Å². The molecule has 1 atom stereocenters. The first-order valence-electron chi connectivity index (χ1n) is 9.60. The summed E-state index contributed by atoms with van der Waals surface area (Å²) >= 11 is 3.60. The van der Waals surface area contributed by atoms with Crippen molar-refractivity contribution in [3.63, 3.8) is 0 Å². The second kappa shape index (κ2) is 5.57. The third-order valence-electron chi connectivity index (χ3n) is 6.68. The number of amides is 1. The van der Waals surface area contributed by atoms with Crippen molar-refractivity contribution in [3.8, 4) is 0 Å². The Kier molecular flexibility index (Phi) is 3.86. The van der Waals surface area contributed by atoms with Gasteiger partial charge in [0, 0.05) is 15.4 Å². The van der Waals surface area contributed by atoms with Gasteiger partial charge in [0.2, 0.25) is 0 Å². The summed E-state index contributed by atoms with van der Waals surface area (Å²) in [6.07, 6.45) is 5.27. The average Bonchev–Trinajstić information content (AvgIpc) is 2.96. The minimum atomic E-state index is -0.858. The lowest BCUT2D eigenvalue weighted by Gasteiger charge is -2.46. The van der Waals surface area contributed by atoms with Gasteiger partial charge in [0.1, 0.15) is 0 Å². The molecule has 26 heavy (non-hydrogen) atoms. The number of benzene rings is 1. The van der Waals surface area contributed by atoms with Crippen LogP contribution in [0, 0.1) is 11.3 Å². The molecule has 0 bridgehead atoms. The molecule has 5 heteroatoms. The molecular formula is C21H28BrN3O. The molecule has 4 nitrogen and oxygen atoms in total. The van der Waals surface area contributed by atoms with Gasteiger partial charge in [-0.2, -0.15) is 0 Å². The summed E-state index contributed by atoms with van der Waals surface area (Å²) in [4.78, 5) is 20.6. The van der Waals surface area contributed by atoms with E-state index in [4.69, 9.17) is 10.7 Å². The molecule has 2 N–H and O–H groups in total. The Bertz CT molecular complexity index is 802. The van der Waals surface area contributed by atoms with Crippen LogP contribution < -0.4 is 5.73 Å². The van der Waals surface area contributed by atoms with Crippen molar-refractivity contribution in [2.45, 2.75) is 70.9 Å². The zero-order chi connectivity index (χ0) is 18.9. The van der Waals surface area contributed by atoms with E-state index >= 15 is 0 Å². The van der Waals surface area contributed by atoms with Crippen LogP contribution in [0.25, 0.3) is 0 Å².